The molecular weight excluding hydrogens is 516 g/mol. The minimum Gasteiger partial charge on any atom is -0.494 e. The Morgan fingerprint density at radius 3 is 2.59 bits per heavy atom. The van der Waals surface area contributed by atoms with Crippen LogP contribution in [0.5, 0.6) is 5.75 Å². The summed E-state index contributed by atoms with van der Waals surface area (Å²) in [6.07, 6.45) is 7.19. The van der Waals surface area contributed by atoms with Gasteiger partial charge in [-0.25, -0.2) is 9.59 Å². The summed E-state index contributed by atoms with van der Waals surface area (Å²) in [5.74, 6) is 0.528. The molecule has 0 saturated heterocycles. The number of alkyl carbamates (subject to hydrolysis) is 1. The predicted molar refractivity (Wildman–Crippen MR) is 152 cm³/mol. The number of nitrogens with zero attached hydrogens (tertiary/aromatic N) is 1. The lowest BCUT2D eigenvalue weighted by atomic mass is 9.86. The largest absolute Gasteiger partial charge is 0.494 e. The summed E-state index contributed by atoms with van der Waals surface area (Å²) in [6.45, 7) is 6.17. The van der Waals surface area contributed by atoms with Crippen LogP contribution in [0.1, 0.15) is 73.3 Å². The number of carbonyl (C=O) groups excluding carboxylic acids is 2. The van der Waals surface area contributed by atoms with Crippen molar-refractivity contribution in [2.75, 3.05) is 20.8 Å². The van der Waals surface area contributed by atoms with Crippen molar-refractivity contribution >= 4 is 34.3 Å². The maximum Gasteiger partial charge on any atom is 0.407 e. The lowest BCUT2D eigenvalue weighted by molar-refractivity contribution is 0.0523. The van der Waals surface area contributed by atoms with Crippen LogP contribution in [0.15, 0.2) is 29.2 Å². The Balaban J connectivity index is 1.41. The van der Waals surface area contributed by atoms with E-state index in [-0.39, 0.29) is 23.1 Å². The zero-order chi connectivity index (χ0) is 27.9. The summed E-state index contributed by atoms with van der Waals surface area (Å²) in [5.41, 5.74) is 2.24. The van der Waals surface area contributed by atoms with Crippen LogP contribution in [0.4, 0.5) is 4.79 Å². The number of benzene rings is 1. The van der Waals surface area contributed by atoms with Gasteiger partial charge >= 0.3 is 12.1 Å². The van der Waals surface area contributed by atoms with Crippen molar-refractivity contribution in [1.29, 1.82) is 0 Å². The van der Waals surface area contributed by atoms with Crippen LogP contribution in [0, 0.1) is 5.92 Å². The third-order valence-corrected chi connectivity index (χ3v) is 8.61. The fourth-order valence-corrected chi connectivity index (χ4v) is 6.71. The number of amides is 1. The van der Waals surface area contributed by atoms with Crippen LogP contribution in [-0.2, 0) is 22.3 Å². The van der Waals surface area contributed by atoms with E-state index < -0.39 is 11.6 Å². The molecule has 2 aliphatic rings. The summed E-state index contributed by atoms with van der Waals surface area (Å²) < 4.78 is 18.2. The quantitative estimate of drug-likeness (QED) is 0.368. The molecule has 9 heteroatoms. The molecule has 2 heterocycles. The van der Waals surface area contributed by atoms with Crippen molar-refractivity contribution in [2.45, 2.75) is 70.9 Å². The summed E-state index contributed by atoms with van der Waals surface area (Å²) in [5, 5.41) is 3.34. The average Bonchev–Trinajstić information content (AvgIpc) is 3.65. The molecule has 8 nitrogen and oxygen atoms in total. The molecule has 3 aromatic rings. The minimum absolute atomic E-state index is 0.0468. The molecule has 1 N–H and O–H groups in total. The highest BCUT2D eigenvalue weighted by atomic mass is 32.1. The molecule has 1 amide bonds. The van der Waals surface area contributed by atoms with Crippen molar-refractivity contribution in [2.24, 2.45) is 5.92 Å². The Labute approximate surface area is 232 Å². The molecule has 0 radical (unpaired) electrons. The molecule has 1 atom stereocenters. The third-order valence-electron chi connectivity index (χ3n) is 7.38. The number of pyridine rings is 1. The average molecular weight is 553 g/mol. The van der Waals surface area contributed by atoms with E-state index >= 15 is 0 Å². The summed E-state index contributed by atoms with van der Waals surface area (Å²) >= 11 is 1.77. The molecule has 1 aromatic carbocycles. The Kier molecular flexibility index (Phi) is 7.46. The van der Waals surface area contributed by atoms with Gasteiger partial charge < -0.3 is 24.1 Å². The molecule has 5 rings (SSSR count). The number of aromatic nitrogens is 1. The van der Waals surface area contributed by atoms with E-state index in [0.717, 1.165) is 54.5 Å². The van der Waals surface area contributed by atoms with Gasteiger partial charge in [-0.15, -0.1) is 11.3 Å². The van der Waals surface area contributed by atoms with Gasteiger partial charge in [0.15, 0.2) is 5.75 Å². The van der Waals surface area contributed by atoms with E-state index in [9.17, 15) is 14.4 Å². The van der Waals surface area contributed by atoms with Crippen molar-refractivity contribution in [3.8, 4) is 16.2 Å². The second-order valence-electron chi connectivity index (χ2n) is 11.4. The molecular formula is C30H36N2O6S. The highest BCUT2D eigenvalue weighted by molar-refractivity contribution is 7.15. The third kappa shape index (κ3) is 5.69. The Morgan fingerprint density at radius 2 is 1.92 bits per heavy atom. The zero-order valence-corrected chi connectivity index (χ0v) is 24.0. The molecule has 1 unspecified atom stereocenters. The van der Waals surface area contributed by atoms with Gasteiger partial charge in [0.2, 0.25) is 5.43 Å². The van der Waals surface area contributed by atoms with Crippen LogP contribution in [0.25, 0.3) is 21.3 Å². The number of esters is 1. The van der Waals surface area contributed by atoms with Crippen LogP contribution in [-0.4, -0.2) is 43.0 Å². The number of carbonyl (C=O) groups is 2. The second-order valence-corrected chi connectivity index (χ2v) is 12.6. The van der Waals surface area contributed by atoms with Crippen molar-refractivity contribution < 1.29 is 23.8 Å². The van der Waals surface area contributed by atoms with Gasteiger partial charge in [-0.2, -0.15) is 0 Å². The van der Waals surface area contributed by atoms with Gasteiger partial charge in [-0.1, -0.05) is 0 Å². The molecule has 0 aliphatic heterocycles. The zero-order valence-electron chi connectivity index (χ0n) is 23.2. The first kappa shape index (κ1) is 27.2. The maximum absolute atomic E-state index is 13.2. The lowest BCUT2D eigenvalue weighted by Gasteiger charge is -2.23. The summed E-state index contributed by atoms with van der Waals surface area (Å²) in [7, 11) is 2.92. The molecule has 1 saturated carbocycles. The normalized spacial score (nSPS) is 17.0. The van der Waals surface area contributed by atoms with Crippen molar-refractivity contribution in [3.63, 3.8) is 0 Å². The number of aryl methyl sites for hydroxylation is 1. The minimum atomic E-state index is -0.624. The number of fused-ring (bicyclic) bond motifs is 2. The van der Waals surface area contributed by atoms with Crippen LogP contribution < -0.4 is 15.5 Å². The van der Waals surface area contributed by atoms with Gasteiger partial charge in [0.05, 0.1) is 25.1 Å². The highest BCUT2D eigenvalue weighted by Gasteiger charge is 2.30. The molecule has 2 aromatic heterocycles. The molecule has 2 aliphatic carbocycles. The number of nitrogens with one attached hydrogen (secondary N) is 1. The molecule has 1 fully saturated rings. The Morgan fingerprint density at radius 1 is 1.15 bits per heavy atom. The smallest absolute Gasteiger partial charge is 0.407 e. The second kappa shape index (κ2) is 10.7. The van der Waals surface area contributed by atoms with E-state index in [4.69, 9.17) is 14.2 Å². The number of methoxy groups -OCH3 is 2. The molecule has 0 spiro atoms. The van der Waals surface area contributed by atoms with Crippen molar-refractivity contribution in [1.82, 2.24) is 9.88 Å². The summed E-state index contributed by atoms with van der Waals surface area (Å²) in [4.78, 5) is 40.0. The highest BCUT2D eigenvalue weighted by Crippen LogP contribution is 2.45. The lowest BCUT2D eigenvalue weighted by Crippen LogP contribution is -2.33. The fourth-order valence-electron chi connectivity index (χ4n) is 5.36. The number of hydrogen-bond donors (Lipinski definition) is 1. The van der Waals surface area contributed by atoms with Crippen LogP contribution >= 0.6 is 11.3 Å². The maximum atomic E-state index is 13.2. The Hall–Kier alpha value is -3.33. The Bertz CT molecular complexity index is 1480. The predicted octanol–water partition coefficient (Wildman–Crippen LogP) is 5.88. The van der Waals surface area contributed by atoms with Crippen LogP contribution in [0.3, 0.4) is 0 Å². The first-order valence-corrected chi connectivity index (χ1v) is 14.3. The molecule has 0 bridgehead atoms. The fraction of sp³-hybridized carbons (Fsp3) is 0.500. The van der Waals surface area contributed by atoms with Gasteiger partial charge in [-0.3, -0.25) is 4.79 Å². The van der Waals surface area contributed by atoms with Gasteiger partial charge in [0.25, 0.3) is 0 Å². The number of ether oxygens (including phenoxy) is 3. The van der Waals surface area contributed by atoms with Crippen molar-refractivity contribution in [3.05, 3.63) is 50.6 Å². The SMILES string of the molecule is COC(=O)c1cn(C2CC2)c2c(OC)c(-c3cc4c(s3)CC(CCNC(=O)OC(C)(C)C)CC4)ccc2c1=O. The standard InChI is InChI=1S/C30H36N2O6S/c1-30(2,3)38-29(35)31-13-12-17-6-7-18-15-24(39-23(18)14-17)20-10-11-21-25(27(20)36-4)32(19-8-9-19)16-22(26(21)33)28(34)37-5/h10-11,15-17,19H,6-9,12-14H2,1-5H3,(H,31,35). The van der Waals surface area contributed by atoms with E-state index in [1.807, 2.05) is 37.5 Å². The first-order valence-electron chi connectivity index (χ1n) is 13.5. The molecule has 208 valence electrons. The topological polar surface area (TPSA) is 95.9 Å². The first-order chi connectivity index (χ1) is 18.6. The van der Waals surface area contributed by atoms with E-state index in [2.05, 4.69) is 11.4 Å². The number of hydrogen-bond acceptors (Lipinski definition) is 7. The van der Waals surface area contributed by atoms with Crippen LogP contribution in [0.2, 0.25) is 0 Å². The van der Waals surface area contributed by atoms with Gasteiger partial charge in [0.1, 0.15) is 11.2 Å². The number of thiophene rings is 1. The molecule has 39 heavy (non-hydrogen) atoms. The van der Waals surface area contributed by atoms with E-state index in [1.165, 1.54) is 17.6 Å². The number of rotatable bonds is 7. The van der Waals surface area contributed by atoms with Gasteiger partial charge in [-0.05, 0) is 89.0 Å². The van der Waals surface area contributed by atoms with E-state index in [0.29, 0.717) is 23.6 Å². The van der Waals surface area contributed by atoms with Gasteiger partial charge in [0, 0.05) is 34.1 Å². The monoisotopic (exact) mass is 552 g/mol. The summed E-state index contributed by atoms with van der Waals surface area (Å²) in [6, 6.07) is 6.22. The van der Waals surface area contributed by atoms with E-state index in [1.54, 1.807) is 24.6 Å².